The number of aromatic nitrogens is 2. The summed E-state index contributed by atoms with van der Waals surface area (Å²) >= 11 is 0. The van der Waals surface area contributed by atoms with Gasteiger partial charge in [0.05, 0.1) is 13.2 Å². The number of nitrogens with zero attached hydrogens (tertiary/aromatic N) is 3. The molecule has 12 heavy (non-hydrogen) atoms. The summed E-state index contributed by atoms with van der Waals surface area (Å²) in [5.74, 6) is 0.637. The van der Waals surface area contributed by atoms with Crippen molar-refractivity contribution in [2.45, 2.75) is 19.5 Å². The van der Waals surface area contributed by atoms with Crippen LogP contribution in [0.2, 0.25) is 0 Å². The van der Waals surface area contributed by atoms with E-state index in [4.69, 9.17) is 5.11 Å². The lowest BCUT2D eigenvalue weighted by Crippen LogP contribution is -2.31. The molecule has 1 atom stereocenters. The fraction of sp³-hybridized carbons (Fsp3) is 0.714. The fourth-order valence-corrected chi connectivity index (χ4v) is 0.780. The maximum Gasteiger partial charge on any atom is 0.213 e. The third-order valence-corrected chi connectivity index (χ3v) is 1.81. The van der Waals surface area contributed by atoms with E-state index in [0.29, 0.717) is 12.4 Å². The lowest BCUT2D eigenvalue weighted by atomic mass is 10.3. The van der Waals surface area contributed by atoms with Crippen molar-refractivity contribution in [2.75, 3.05) is 13.7 Å². The van der Waals surface area contributed by atoms with Gasteiger partial charge in [0.15, 0.2) is 5.82 Å². The molecule has 0 aliphatic heterocycles. The zero-order chi connectivity index (χ0) is 8.97. The first-order valence-corrected chi connectivity index (χ1v) is 3.80. The van der Waals surface area contributed by atoms with E-state index in [-0.39, 0.29) is 12.6 Å². The van der Waals surface area contributed by atoms with Gasteiger partial charge in [-0.15, -0.1) is 0 Å². The first-order chi connectivity index (χ1) is 5.74. The summed E-state index contributed by atoms with van der Waals surface area (Å²) in [6.07, 6.45) is 1.30. The van der Waals surface area contributed by atoms with Gasteiger partial charge < -0.3 is 9.63 Å². The Morgan fingerprint density at radius 1 is 1.75 bits per heavy atom. The molecule has 1 heterocycles. The van der Waals surface area contributed by atoms with Gasteiger partial charge in [0, 0.05) is 6.04 Å². The maximum atomic E-state index is 8.83. The van der Waals surface area contributed by atoms with Crippen LogP contribution in [0.15, 0.2) is 10.9 Å². The Morgan fingerprint density at radius 3 is 3.00 bits per heavy atom. The summed E-state index contributed by atoms with van der Waals surface area (Å²) in [7, 11) is 1.90. The summed E-state index contributed by atoms with van der Waals surface area (Å²) in [4.78, 5) is 5.82. The molecule has 0 aromatic carbocycles. The number of rotatable bonds is 4. The maximum absolute atomic E-state index is 8.83. The molecule has 0 amide bonds. The minimum atomic E-state index is 0.114. The van der Waals surface area contributed by atoms with Crippen molar-refractivity contribution in [1.82, 2.24) is 15.0 Å². The van der Waals surface area contributed by atoms with E-state index in [1.807, 2.05) is 18.9 Å². The highest BCUT2D eigenvalue weighted by Crippen LogP contribution is 1.99. The smallest absolute Gasteiger partial charge is 0.213 e. The molecule has 1 aromatic rings. The van der Waals surface area contributed by atoms with Crippen LogP contribution in [0, 0.1) is 0 Å². The van der Waals surface area contributed by atoms with E-state index in [9.17, 15) is 0 Å². The number of aliphatic hydroxyl groups excluding tert-OH is 1. The number of hydrogen-bond donors (Lipinski definition) is 1. The second kappa shape index (κ2) is 4.18. The van der Waals surface area contributed by atoms with Gasteiger partial charge in [-0.25, -0.2) is 0 Å². The molecule has 0 radical (unpaired) electrons. The van der Waals surface area contributed by atoms with Crippen molar-refractivity contribution in [3.63, 3.8) is 0 Å². The van der Waals surface area contributed by atoms with Crippen LogP contribution in [0.3, 0.4) is 0 Å². The fourth-order valence-electron chi connectivity index (χ4n) is 0.780. The van der Waals surface area contributed by atoms with Gasteiger partial charge in [0.25, 0.3) is 0 Å². The van der Waals surface area contributed by atoms with Gasteiger partial charge >= 0.3 is 0 Å². The Labute approximate surface area is 71.0 Å². The molecule has 0 bridgehead atoms. The Balaban J connectivity index is 2.41. The molecular formula is C7H13N3O2. The van der Waals surface area contributed by atoms with E-state index in [0.717, 1.165) is 0 Å². The molecule has 5 nitrogen and oxygen atoms in total. The van der Waals surface area contributed by atoms with Gasteiger partial charge in [0.1, 0.15) is 0 Å². The predicted octanol–water partition coefficient (Wildman–Crippen LogP) is -0.118. The summed E-state index contributed by atoms with van der Waals surface area (Å²) < 4.78 is 4.58. The van der Waals surface area contributed by atoms with Crippen molar-refractivity contribution < 1.29 is 9.63 Å². The van der Waals surface area contributed by atoms with E-state index < -0.39 is 0 Å². The number of aliphatic hydroxyl groups is 1. The van der Waals surface area contributed by atoms with Gasteiger partial charge in [-0.1, -0.05) is 5.16 Å². The van der Waals surface area contributed by atoms with Crippen molar-refractivity contribution in [3.05, 3.63) is 12.2 Å². The molecule has 0 spiro atoms. The Hall–Kier alpha value is -0.940. The minimum absolute atomic E-state index is 0.114. The van der Waals surface area contributed by atoms with Crippen LogP contribution in [-0.2, 0) is 6.54 Å². The third kappa shape index (κ3) is 2.28. The molecule has 0 aliphatic rings. The van der Waals surface area contributed by atoms with E-state index in [2.05, 4.69) is 14.7 Å². The normalized spacial score (nSPS) is 13.7. The van der Waals surface area contributed by atoms with Gasteiger partial charge in [0.2, 0.25) is 6.39 Å². The highest BCUT2D eigenvalue weighted by Gasteiger charge is 2.09. The molecule has 68 valence electrons. The number of likely N-dealkylation sites (N-methyl/N-ethyl adjacent to an activating group) is 1. The SMILES string of the molecule is CC(CO)N(C)Cc1ncon1. The molecule has 5 heteroatoms. The molecule has 1 rings (SSSR count). The second-order valence-electron chi connectivity index (χ2n) is 2.79. The average Bonchev–Trinajstić information content (AvgIpc) is 2.55. The summed E-state index contributed by atoms with van der Waals surface area (Å²) in [5.41, 5.74) is 0. The molecular weight excluding hydrogens is 158 g/mol. The average molecular weight is 171 g/mol. The van der Waals surface area contributed by atoms with Crippen LogP contribution in [0.5, 0.6) is 0 Å². The second-order valence-corrected chi connectivity index (χ2v) is 2.79. The lowest BCUT2D eigenvalue weighted by molar-refractivity contribution is 0.150. The molecule has 0 fully saturated rings. The van der Waals surface area contributed by atoms with Crippen molar-refractivity contribution in [2.24, 2.45) is 0 Å². The predicted molar refractivity (Wildman–Crippen MR) is 42.3 cm³/mol. The van der Waals surface area contributed by atoms with Crippen LogP contribution >= 0.6 is 0 Å². The van der Waals surface area contributed by atoms with E-state index in [1.165, 1.54) is 6.39 Å². The largest absolute Gasteiger partial charge is 0.395 e. The van der Waals surface area contributed by atoms with Crippen molar-refractivity contribution in [3.8, 4) is 0 Å². The minimum Gasteiger partial charge on any atom is -0.395 e. The van der Waals surface area contributed by atoms with Crippen LogP contribution in [-0.4, -0.2) is 39.8 Å². The van der Waals surface area contributed by atoms with Crippen LogP contribution < -0.4 is 0 Å². The van der Waals surface area contributed by atoms with Gasteiger partial charge in [-0.05, 0) is 14.0 Å². The summed E-state index contributed by atoms with van der Waals surface area (Å²) in [5, 5.41) is 12.5. The Morgan fingerprint density at radius 2 is 2.50 bits per heavy atom. The first-order valence-electron chi connectivity index (χ1n) is 3.80. The molecule has 1 N–H and O–H groups in total. The van der Waals surface area contributed by atoms with E-state index in [1.54, 1.807) is 0 Å². The van der Waals surface area contributed by atoms with Crippen LogP contribution in [0.4, 0.5) is 0 Å². The highest BCUT2D eigenvalue weighted by molar-refractivity contribution is 4.78. The van der Waals surface area contributed by atoms with Crippen molar-refractivity contribution >= 4 is 0 Å². The van der Waals surface area contributed by atoms with Gasteiger partial charge in [-0.2, -0.15) is 4.98 Å². The zero-order valence-electron chi connectivity index (χ0n) is 7.27. The topological polar surface area (TPSA) is 62.4 Å². The third-order valence-electron chi connectivity index (χ3n) is 1.81. The molecule has 1 unspecified atom stereocenters. The zero-order valence-corrected chi connectivity index (χ0v) is 7.27. The molecule has 0 saturated carbocycles. The summed E-state index contributed by atoms with van der Waals surface area (Å²) in [6.45, 7) is 2.66. The Kier molecular flexibility index (Phi) is 3.19. The van der Waals surface area contributed by atoms with E-state index >= 15 is 0 Å². The summed E-state index contributed by atoms with van der Waals surface area (Å²) in [6, 6.07) is 0.114. The van der Waals surface area contributed by atoms with Crippen molar-refractivity contribution in [1.29, 1.82) is 0 Å². The molecule has 1 aromatic heterocycles. The van der Waals surface area contributed by atoms with Gasteiger partial charge in [-0.3, -0.25) is 4.90 Å². The quantitative estimate of drug-likeness (QED) is 0.684. The van der Waals surface area contributed by atoms with Crippen LogP contribution in [0.25, 0.3) is 0 Å². The highest BCUT2D eigenvalue weighted by atomic mass is 16.5. The standard InChI is InChI=1S/C7H13N3O2/c1-6(4-11)10(2)3-7-8-5-12-9-7/h5-6,11H,3-4H2,1-2H3. The first kappa shape index (κ1) is 9.15. The Bertz CT molecular complexity index is 212. The van der Waals surface area contributed by atoms with Crippen LogP contribution in [0.1, 0.15) is 12.7 Å². The molecule has 0 aliphatic carbocycles. The lowest BCUT2D eigenvalue weighted by Gasteiger charge is -2.20. The number of hydrogen-bond acceptors (Lipinski definition) is 5. The molecule has 0 saturated heterocycles. The monoisotopic (exact) mass is 171 g/mol.